The highest BCUT2D eigenvalue weighted by atomic mass is 32.1. The summed E-state index contributed by atoms with van der Waals surface area (Å²) < 4.78 is 0. The van der Waals surface area contributed by atoms with Gasteiger partial charge in [0, 0.05) is 24.1 Å². The Hall–Kier alpha value is -2.80. The first-order valence-electron chi connectivity index (χ1n) is 8.83. The third-order valence-electron chi connectivity index (χ3n) is 4.16. The molecular formula is C20H22N4O2S. The second-order valence-corrected chi connectivity index (χ2v) is 7.49. The number of nitrogens with zero attached hydrogens (tertiary/aromatic N) is 3. The predicted octanol–water partition coefficient (Wildman–Crippen LogP) is 4.54. The van der Waals surface area contributed by atoms with Crippen molar-refractivity contribution in [3.63, 3.8) is 0 Å². The molecule has 0 saturated heterocycles. The van der Waals surface area contributed by atoms with Gasteiger partial charge in [0.05, 0.1) is 33.7 Å². The van der Waals surface area contributed by atoms with E-state index in [1.54, 1.807) is 23.7 Å². The standard InChI is InChI=1S/C20H22N4O2S/c1-4-18-21-10-15(11-22-18)24-17-9-14(6-8-19(25)26)5-7-16(17)20-12(2)23-13(3)27-20/h5,7,9-11,24H,4,6,8H2,1-3H3,(H,25,26). The molecule has 140 valence electrons. The molecule has 0 aliphatic heterocycles. The molecule has 7 heteroatoms. The number of thiazole rings is 1. The molecule has 0 spiro atoms. The van der Waals surface area contributed by atoms with Crippen molar-refractivity contribution in [1.29, 1.82) is 0 Å². The van der Waals surface area contributed by atoms with Crippen LogP contribution in [0.25, 0.3) is 10.4 Å². The molecule has 0 radical (unpaired) electrons. The van der Waals surface area contributed by atoms with Gasteiger partial charge >= 0.3 is 5.97 Å². The smallest absolute Gasteiger partial charge is 0.303 e. The van der Waals surface area contributed by atoms with E-state index >= 15 is 0 Å². The highest BCUT2D eigenvalue weighted by molar-refractivity contribution is 7.15. The van der Waals surface area contributed by atoms with Crippen molar-refractivity contribution in [2.45, 2.75) is 40.0 Å². The largest absolute Gasteiger partial charge is 0.481 e. The molecule has 0 aliphatic carbocycles. The molecule has 2 N–H and O–H groups in total. The van der Waals surface area contributed by atoms with Gasteiger partial charge in [0.1, 0.15) is 5.82 Å². The van der Waals surface area contributed by atoms with E-state index in [0.29, 0.717) is 6.42 Å². The number of hydrogen-bond donors (Lipinski definition) is 2. The molecular weight excluding hydrogens is 360 g/mol. The summed E-state index contributed by atoms with van der Waals surface area (Å²) in [6.07, 6.45) is 4.91. The summed E-state index contributed by atoms with van der Waals surface area (Å²) in [5.74, 6) is -0.00373. The van der Waals surface area contributed by atoms with Crippen molar-refractivity contribution in [2.24, 2.45) is 0 Å². The van der Waals surface area contributed by atoms with Crippen molar-refractivity contribution in [3.8, 4) is 10.4 Å². The molecule has 0 saturated carbocycles. The van der Waals surface area contributed by atoms with Crippen LogP contribution in [0.2, 0.25) is 0 Å². The third kappa shape index (κ3) is 4.68. The van der Waals surface area contributed by atoms with Crippen LogP contribution in [-0.2, 0) is 17.6 Å². The number of benzene rings is 1. The molecule has 27 heavy (non-hydrogen) atoms. The second kappa shape index (κ2) is 8.26. The van der Waals surface area contributed by atoms with Gasteiger partial charge in [-0.15, -0.1) is 11.3 Å². The van der Waals surface area contributed by atoms with Crippen molar-refractivity contribution in [2.75, 3.05) is 5.32 Å². The Morgan fingerprint density at radius 2 is 1.96 bits per heavy atom. The van der Waals surface area contributed by atoms with E-state index in [9.17, 15) is 4.79 Å². The van der Waals surface area contributed by atoms with Crippen LogP contribution in [0, 0.1) is 13.8 Å². The van der Waals surface area contributed by atoms with Gasteiger partial charge < -0.3 is 10.4 Å². The minimum atomic E-state index is -0.800. The van der Waals surface area contributed by atoms with E-state index in [2.05, 4.69) is 20.3 Å². The minimum Gasteiger partial charge on any atom is -0.481 e. The summed E-state index contributed by atoms with van der Waals surface area (Å²) in [5, 5.41) is 13.4. The van der Waals surface area contributed by atoms with Crippen molar-refractivity contribution in [1.82, 2.24) is 15.0 Å². The van der Waals surface area contributed by atoms with Crippen LogP contribution in [-0.4, -0.2) is 26.0 Å². The topological polar surface area (TPSA) is 88.0 Å². The summed E-state index contributed by atoms with van der Waals surface area (Å²) in [6, 6.07) is 6.01. The average molecular weight is 382 g/mol. The van der Waals surface area contributed by atoms with Gasteiger partial charge in [-0.05, 0) is 31.9 Å². The highest BCUT2D eigenvalue weighted by Gasteiger charge is 2.14. The Kier molecular flexibility index (Phi) is 5.81. The SMILES string of the molecule is CCc1ncc(Nc2cc(CCC(=O)O)ccc2-c2sc(C)nc2C)cn1. The molecule has 1 aromatic carbocycles. The van der Waals surface area contributed by atoms with Gasteiger partial charge in [-0.1, -0.05) is 19.1 Å². The molecule has 3 aromatic rings. The molecule has 3 rings (SSSR count). The van der Waals surface area contributed by atoms with Gasteiger partial charge in [0.25, 0.3) is 0 Å². The normalized spacial score (nSPS) is 10.8. The van der Waals surface area contributed by atoms with E-state index in [-0.39, 0.29) is 6.42 Å². The van der Waals surface area contributed by atoms with Crippen LogP contribution in [0.1, 0.15) is 35.4 Å². The Balaban J connectivity index is 1.98. The molecule has 0 bridgehead atoms. The molecule has 0 atom stereocenters. The van der Waals surface area contributed by atoms with Crippen LogP contribution in [0.3, 0.4) is 0 Å². The lowest BCUT2D eigenvalue weighted by atomic mass is 10.0. The van der Waals surface area contributed by atoms with Crippen LogP contribution in [0.4, 0.5) is 11.4 Å². The monoisotopic (exact) mass is 382 g/mol. The maximum Gasteiger partial charge on any atom is 0.303 e. The summed E-state index contributed by atoms with van der Waals surface area (Å²) in [5.41, 5.74) is 4.68. The van der Waals surface area contributed by atoms with Crippen molar-refractivity contribution >= 4 is 28.7 Å². The van der Waals surface area contributed by atoms with Crippen LogP contribution < -0.4 is 5.32 Å². The Bertz CT molecular complexity index is 951. The number of aliphatic carboxylic acids is 1. The quantitative estimate of drug-likeness (QED) is 0.624. The number of nitrogens with one attached hydrogen (secondary N) is 1. The fourth-order valence-electron chi connectivity index (χ4n) is 2.84. The molecule has 0 aliphatic rings. The van der Waals surface area contributed by atoms with Gasteiger partial charge in [-0.25, -0.2) is 15.0 Å². The Morgan fingerprint density at radius 1 is 1.22 bits per heavy atom. The zero-order chi connectivity index (χ0) is 19.4. The minimum absolute atomic E-state index is 0.103. The average Bonchev–Trinajstić information content (AvgIpc) is 2.99. The van der Waals surface area contributed by atoms with E-state index in [4.69, 9.17) is 5.11 Å². The number of carbonyl (C=O) groups is 1. The maximum absolute atomic E-state index is 10.9. The number of rotatable bonds is 7. The second-order valence-electron chi connectivity index (χ2n) is 6.29. The first-order valence-corrected chi connectivity index (χ1v) is 9.65. The van der Waals surface area contributed by atoms with E-state index in [1.807, 2.05) is 39.0 Å². The lowest BCUT2D eigenvalue weighted by Gasteiger charge is -2.13. The van der Waals surface area contributed by atoms with Crippen molar-refractivity contribution in [3.05, 3.63) is 52.7 Å². The lowest BCUT2D eigenvalue weighted by molar-refractivity contribution is -0.136. The third-order valence-corrected chi connectivity index (χ3v) is 5.27. The van der Waals surface area contributed by atoms with Crippen LogP contribution in [0.15, 0.2) is 30.6 Å². The molecule has 0 amide bonds. The van der Waals surface area contributed by atoms with Crippen LogP contribution in [0.5, 0.6) is 0 Å². The van der Waals surface area contributed by atoms with Crippen LogP contribution >= 0.6 is 11.3 Å². The summed E-state index contributed by atoms with van der Waals surface area (Å²) in [7, 11) is 0. The zero-order valence-corrected chi connectivity index (χ0v) is 16.4. The number of aryl methyl sites for hydroxylation is 4. The molecule has 6 nitrogen and oxygen atoms in total. The number of carboxylic acids is 1. The number of carboxylic acid groups (broad SMARTS) is 1. The number of anilines is 2. The first kappa shape index (κ1) is 19.0. The summed E-state index contributed by atoms with van der Waals surface area (Å²) in [6.45, 7) is 6.01. The Labute approximate surface area is 162 Å². The first-order chi connectivity index (χ1) is 13.0. The zero-order valence-electron chi connectivity index (χ0n) is 15.6. The van der Waals surface area contributed by atoms with Gasteiger partial charge in [0.15, 0.2) is 0 Å². The number of aromatic nitrogens is 3. The molecule has 2 heterocycles. The highest BCUT2D eigenvalue weighted by Crippen LogP contribution is 2.37. The molecule has 0 fully saturated rings. The molecule has 2 aromatic heterocycles. The summed E-state index contributed by atoms with van der Waals surface area (Å²) >= 11 is 1.65. The predicted molar refractivity (Wildman–Crippen MR) is 108 cm³/mol. The van der Waals surface area contributed by atoms with Gasteiger partial charge in [-0.2, -0.15) is 0 Å². The van der Waals surface area contributed by atoms with E-state index in [1.165, 1.54) is 0 Å². The van der Waals surface area contributed by atoms with E-state index < -0.39 is 5.97 Å². The lowest BCUT2D eigenvalue weighted by Crippen LogP contribution is -2.01. The Morgan fingerprint density at radius 3 is 2.56 bits per heavy atom. The summed E-state index contributed by atoms with van der Waals surface area (Å²) in [4.78, 5) is 25.2. The fraction of sp³-hybridized carbons (Fsp3) is 0.300. The maximum atomic E-state index is 10.9. The van der Waals surface area contributed by atoms with E-state index in [0.717, 1.165) is 50.3 Å². The fourth-order valence-corrected chi connectivity index (χ4v) is 3.80. The number of hydrogen-bond acceptors (Lipinski definition) is 6. The molecule has 0 unspecified atom stereocenters. The van der Waals surface area contributed by atoms with Crippen molar-refractivity contribution < 1.29 is 9.90 Å². The van der Waals surface area contributed by atoms with Gasteiger partial charge in [-0.3, -0.25) is 4.79 Å². The van der Waals surface area contributed by atoms with Gasteiger partial charge in [0.2, 0.25) is 0 Å².